The van der Waals surface area contributed by atoms with Crippen molar-refractivity contribution in [2.45, 2.75) is 56.9 Å². The van der Waals surface area contributed by atoms with Gasteiger partial charge in [-0.25, -0.2) is 0 Å². The van der Waals surface area contributed by atoms with Gasteiger partial charge in [0.2, 0.25) is 0 Å². The molecule has 0 radical (unpaired) electrons. The first-order chi connectivity index (χ1) is 9.29. The average Bonchev–Trinajstić information content (AvgIpc) is 3.14. The Labute approximate surface area is 116 Å². The van der Waals surface area contributed by atoms with Crippen molar-refractivity contribution in [3.63, 3.8) is 0 Å². The zero-order valence-electron chi connectivity index (χ0n) is 11.6. The summed E-state index contributed by atoms with van der Waals surface area (Å²) < 4.78 is 0. The maximum atomic E-state index is 6.97. The van der Waals surface area contributed by atoms with E-state index < -0.39 is 0 Å². The Hall–Kier alpha value is -0.960. The third-order valence-corrected chi connectivity index (χ3v) is 6.21. The fraction of sp³-hybridized carbons (Fsp3) is 0.722. The van der Waals surface area contributed by atoms with Crippen LogP contribution in [0.2, 0.25) is 0 Å². The Morgan fingerprint density at radius 3 is 2.74 bits per heavy atom. The SMILES string of the molecule is NC12CC#CCCC=C=CC1(C1CC1)C1CCCC12. The monoisotopic (exact) mass is 253 g/mol. The summed E-state index contributed by atoms with van der Waals surface area (Å²) in [6, 6.07) is 0. The normalized spacial score (nSPS) is 47.6. The van der Waals surface area contributed by atoms with Gasteiger partial charge in [0.1, 0.15) is 0 Å². The molecule has 4 unspecified atom stereocenters. The quantitative estimate of drug-likeness (QED) is 0.562. The first-order valence-electron chi connectivity index (χ1n) is 7.96. The lowest BCUT2D eigenvalue weighted by Gasteiger charge is -2.65. The lowest BCUT2D eigenvalue weighted by molar-refractivity contribution is -0.106. The van der Waals surface area contributed by atoms with Crippen molar-refractivity contribution in [3.05, 3.63) is 17.9 Å². The topological polar surface area (TPSA) is 26.0 Å². The van der Waals surface area contributed by atoms with Gasteiger partial charge in [0.15, 0.2) is 0 Å². The van der Waals surface area contributed by atoms with E-state index in [1.54, 1.807) is 0 Å². The lowest BCUT2D eigenvalue weighted by atomic mass is 9.40. The molecule has 4 aliphatic rings. The van der Waals surface area contributed by atoms with Crippen LogP contribution >= 0.6 is 0 Å². The zero-order valence-corrected chi connectivity index (χ0v) is 11.6. The summed E-state index contributed by atoms with van der Waals surface area (Å²) in [6.07, 6.45) is 14.3. The van der Waals surface area contributed by atoms with Crippen LogP contribution in [0.3, 0.4) is 0 Å². The van der Waals surface area contributed by atoms with E-state index in [0.717, 1.165) is 37.0 Å². The van der Waals surface area contributed by atoms with E-state index >= 15 is 0 Å². The van der Waals surface area contributed by atoms with Gasteiger partial charge in [-0.3, -0.25) is 0 Å². The third-order valence-electron chi connectivity index (χ3n) is 6.21. The Morgan fingerprint density at radius 1 is 1.05 bits per heavy atom. The van der Waals surface area contributed by atoms with Gasteiger partial charge in [-0.1, -0.05) is 6.42 Å². The molecule has 0 heterocycles. The van der Waals surface area contributed by atoms with Crippen LogP contribution < -0.4 is 5.73 Å². The van der Waals surface area contributed by atoms with Gasteiger partial charge in [0, 0.05) is 23.8 Å². The summed E-state index contributed by atoms with van der Waals surface area (Å²) in [5, 5.41) is 0. The van der Waals surface area contributed by atoms with E-state index in [1.807, 2.05) is 0 Å². The van der Waals surface area contributed by atoms with Gasteiger partial charge >= 0.3 is 0 Å². The maximum absolute atomic E-state index is 6.97. The highest BCUT2D eigenvalue weighted by Crippen LogP contribution is 2.73. The Morgan fingerprint density at radius 2 is 1.89 bits per heavy atom. The second kappa shape index (κ2) is 4.02. The van der Waals surface area contributed by atoms with Gasteiger partial charge in [0.25, 0.3) is 0 Å². The number of fused-ring (bicyclic) bond motifs is 4. The molecule has 0 aromatic rings. The highest BCUT2D eigenvalue weighted by molar-refractivity contribution is 5.34. The van der Waals surface area contributed by atoms with Crippen LogP contribution in [-0.4, -0.2) is 5.54 Å². The largest absolute Gasteiger partial charge is 0.323 e. The Kier molecular flexibility index (Phi) is 2.50. The number of hydrogen-bond donors (Lipinski definition) is 1. The number of nitrogens with two attached hydrogens (primary N) is 1. The molecular formula is C18H23N. The molecule has 1 heteroatoms. The highest BCUT2D eigenvalue weighted by atomic mass is 14.9. The Balaban J connectivity index is 1.82. The van der Waals surface area contributed by atoms with Crippen molar-refractivity contribution in [2.75, 3.05) is 0 Å². The standard InChI is InChI=1S/C18H23N/c19-18-13-6-4-2-1-3-5-12-17(18,14-10-11-14)15-8-7-9-16(15)18/h3,12,14-16H,1-2,7-11,13,19H2. The first-order valence-corrected chi connectivity index (χ1v) is 7.96. The molecule has 19 heavy (non-hydrogen) atoms. The van der Waals surface area contributed by atoms with E-state index in [2.05, 4.69) is 29.7 Å². The van der Waals surface area contributed by atoms with Crippen molar-refractivity contribution < 1.29 is 0 Å². The van der Waals surface area contributed by atoms with E-state index in [9.17, 15) is 0 Å². The number of rotatable bonds is 1. The zero-order chi connectivity index (χ0) is 12.9. The highest BCUT2D eigenvalue weighted by Gasteiger charge is 2.73. The van der Waals surface area contributed by atoms with Gasteiger partial charge in [0.05, 0.1) is 0 Å². The van der Waals surface area contributed by atoms with Crippen LogP contribution in [0.5, 0.6) is 0 Å². The molecule has 4 aliphatic carbocycles. The minimum absolute atomic E-state index is 0.0550. The van der Waals surface area contributed by atoms with Crippen molar-refractivity contribution in [3.8, 4) is 11.8 Å². The molecule has 2 N–H and O–H groups in total. The van der Waals surface area contributed by atoms with Gasteiger partial charge in [-0.15, -0.1) is 17.6 Å². The summed E-state index contributed by atoms with van der Waals surface area (Å²) in [7, 11) is 0. The summed E-state index contributed by atoms with van der Waals surface area (Å²) in [5.74, 6) is 9.08. The Bertz CT molecular complexity index is 512. The molecule has 1 nitrogen and oxygen atoms in total. The fourth-order valence-corrected chi connectivity index (χ4v) is 5.33. The summed E-state index contributed by atoms with van der Waals surface area (Å²) in [4.78, 5) is 0. The summed E-state index contributed by atoms with van der Waals surface area (Å²) in [6.45, 7) is 0. The van der Waals surface area contributed by atoms with E-state index in [4.69, 9.17) is 5.73 Å². The molecule has 100 valence electrons. The molecular weight excluding hydrogens is 230 g/mol. The number of hydrogen-bond acceptors (Lipinski definition) is 1. The fourth-order valence-electron chi connectivity index (χ4n) is 5.33. The van der Waals surface area contributed by atoms with Gasteiger partial charge in [-0.2, -0.15) is 0 Å². The minimum Gasteiger partial charge on any atom is -0.323 e. The molecule has 4 atom stereocenters. The van der Waals surface area contributed by atoms with Gasteiger partial charge in [-0.05, 0) is 62.0 Å². The average molecular weight is 253 g/mol. The van der Waals surface area contributed by atoms with E-state index in [1.165, 1.54) is 32.1 Å². The van der Waals surface area contributed by atoms with E-state index in [-0.39, 0.29) is 11.0 Å². The minimum atomic E-state index is -0.0550. The van der Waals surface area contributed by atoms with Crippen LogP contribution in [-0.2, 0) is 0 Å². The molecule has 0 aliphatic heterocycles. The summed E-state index contributed by atoms with van der Waals surface area (Å²) in [5.41, 5.74) is 10.6. The van der Waals surface area contributed by atoms with Crippen LogP contribution in [0.1, 0.15) is 51.4 Å². The van der Waals surface area contributed by atoms with Crippen LogP contribution in [0.4, 0.5) is 0 Å². The molecule has 0 spiro atoms. The molecule has 0 aromatic heterocycles. The predicted octanol–water partition coefficient (Wildman–Crippen LogP) is 3.41. The molecule has 0 saturated heterocycles. The van der Waals surface area contributed by atoms with Gasteiger partial charge < -0.3 is 5.73 Å². The first kappa shape index (κ1) is 11.8. The van der Waals surface area contributed by atoms with Crippen molar-refractivity contribution >= 4 is 0 Å². The lowest BCUT2D eigenvalue weighted by Crippen LogP contribution is -2.74. The second-order valence-corrected chi connectivity index (χ2v) is 6.98. The molecule has 0 bridgehead atoms. The third kappa shape index (κ3) is 1.42. The molecule has 3 saturated carbocycles. The second-order valence-electron chi connectivity index (χ2n) is 6.98. The van der Waals surface area contributed by atoms with E-state index in [0.29, 0.717) is 0 Å². The van der Waals surface area contributed by atoms with Crippen LogP contribution in [0, 0.1) is 35.0 Å². The van der Waals surface area contributed by atoms with Crippen molar-refractivity contribution in [1.82, 2.24) is 0 Å². The molecule has 3 fully saturated rings. The molecule has 4 rings (SSSR count). The molecule has 0 aromatic carbocycles. The van der Waals surface area contributed by atoms with Crippen LogP contribution in [0.25, 0.3) is 0 Å². The smallest absolute Gasteiger partial charge is 0.0400 e. The van der Waals surface area contributed by atoms with Crippen molar-refractivity contribution in [2.24, 2.45) is 28.9 Å². The molecule has 0 amide bonds. The predicted molar refractivity (Wildman–Crippen MR) is 77.2 cm³/mol. The van der Waals surface area contributed by atoms with Crippen LogP contribution in [0.15, 0.2) is 17.9 Å². The maximum Gasteiger partial charge on any atom is 0.0400 e. The van der Waals surface area contributed by atoms with Crippen molar-refractivity contribution in [1.29, 1.82) is 0 Å². The summed E-state index contributed by atoms with van der Waals surface area (Å²) >= 11 is 0.